The molecule has 1 aromatic carbocycles. The molecule has 2 aromatic rings. The average Bonchev–Trinajstić information content (AvgIpc) is 3.02. The maximum absolute atomic E-state index is 12.9. The molecule has 0 bridgehead atoms. The van der Waals surface area contributed by atoms with Gasteiger partial charge >= 0.3 is 36.2 Å². The summed E-state index contributed by atoms with van der Waals surface area (Å²) in [6.07, 6.45) is -5.71. The van der Waals surface area contributed by atoms with Crippen molar-refractivity contribution in [2.75, 3.05) is 24.6 Å². The van der Waals surface area contributed by atoms with Crippen molar-refractivity contribution in [1.29, 1.82) is 5.41 Å². The van der Waals surface area contributed by atoms with Crippen molar-refractivity contribution in [2.45, 2.75) is 50.5 Å². The van der Waals surface area contributed by atoms with Gasteiger partial charge in [-0.25, -0.2) is 9.59 Å². The first kappa shape index (κ1) is 42.4. The molecular weight excluding hydrogens is 692 g/mol. The van der Waals surface area contributed by atoms with E-state index in [2.05, 4.69) is 15.2 Å². The summed E-state index contributed by atoms with van der Waals surface area (Å²) in [7, 11) is 0. The minimum atomic E-state index is -5.08. The van der Waals surface area contributed by atoms with E-state index < -0.39 is 42.3 Å². The van der Waals surface area contributed by atoms with E-state index in [1.165, 1.54) is 6.07 Å². The quantitative estimate of drug-likeness (QED) is 0.0945. The molecule has 15 nitrogen and oxygen atoms in total. The molecule has 50 heavy (non-hydrogen) atoms. The molecule has 1 atom stereocenters. The molecule has 2 heterocycles. The number of nitrogens with zero attached hydrogens (tertiary/aromatic N) is 2. The molecule has 0 aliphatic carbocycles. The fourth-order valence-electron chi connectivity index (χ4n) is 4.13. The number of nitrogen functional groups attached to an aromatic ring is 1. The number of nitrogens with two attached hydrogens (primary N) is 1. The minimum Gasteiger partial charge on any atom is -0.491 e. The number of halogens is 6. The minimum absolute atomic E-state index is 0.122. The Balaban J connectivity index is 0.000000748. The van der Waals surface area contributed by atoms with Gasteiger partial charge in [-0.15, -0.1) is 0 Å². The fraction of sp³-hybridized carbons (Fsp3) is 0.414. The Morgan fingerprint density at radius 1 is 0.920 bits per heavy atom. The summed E-state index contributed by atoms with van der Waals surface area (Å²) in [6, 6.07) is 7.81. The SMILES string of the molecule is N=C(N)c1ccc(CCC(=O)O)c(OC[C@@H](CC(=O)O)NC(=O)C2CCN(c3ccncc3)CC2)c1.O=C(O)C(F)(F)F.O=C(O)C(F)(F)F. The van der Waals surface area contributed by atoms with Crippen molar-refractivity contribution in [3.05, 3.63) is 53.9 Å². The number of alkyl halides is 6. The van der Waals surface area contributed by atoms with Crippen LogP contribution in [0.15, 0.2) is 42.7 Å². The molecule has 8 N–H and O–H groups in total. The van der Waals surface area contributed by atoms with E-state index in [9.17, 15) is 45.8 Å². The number of piperidine rings is 1. The van der Waals surface area contributed by atoms with Crippen LogP contribution in [0.5, 0.6) is 5.75 Å². The maximum Gasteiger partial charge on any atom is 0.490 e. The lowest BCUT2D eigenvalue weighted by Gasteiger charge is -2.33. The molecule has 0 saturated carbocycles. The topological polar surface area (TPSA) is 254 Å². The molecule has 1 aliphatic heterocycles. The number of aryl methyl sites for hydroxylation is 1. The van der Waals surface area contributed by atoms with Gasteiger partial charge in [0.1, 0.15) is 18.2 Å². The highest BCUT2D eigenvalue weighted by Gasteiger charge is 2.39. The van der Waals surface area contributed by atoms with Crippen LogP contribution in [0.25, 0.3) is 0 Å². The number of amides is 1. The molecule has 0 radical (unpaired) electrons. The third-order valence-electron chi connectivity index (χ3n) is 6.57. The van der Waals surface area contributed by atoms with E-state index in [1.807, 2.05) is 12.1 Å². The number of benzene rings is 1. The van der Waals surface area contributed by atoms with Gasteiger partial charge in [0.15, 0.2) is 0 Å². The molecule has 1 aromatic heterocycles. The van der Waals surface area contributed by atoms with Gasteiger partial charge in [0.25, 0.3) is 0 Å². The highest BCUT2D eigenvalue weighted by Crippen LogP contribution is 2.25. The van der Waals surface area contributed by atoms with E-state index >= 15 is 0 Å². The van der Waals surface area contributed by atoms with E-state index in [0.29, 0.717) is 42.8 Å². The van der Waals surface area contributed by atoms with Crippen LogP contribution in [-0.2, 0) is 30.4 Å². The highest BCUT2D eigenvalue weighted by atomic mass is 19.4. The van der Waals surface area contributed by atoms with Gasteiger partial charge in [-0.05, 0) is 43.0 Å². The van der Waals surface area contributed by atoms with E-state index in [-0.39, 0.29) is 43.5 Å². The summed E-state index contributed by atoms with van der Waals surface area (Å²) < 4.78 is 69.3. The second-order valence-corrected chi connectivity index (χ2v) is 10.3. The number of ether oxygens (including phenoxy) is 1. The van der Waals surface area contributed by atoms with Gasteiger partial charge in [-0.1, -0.05) is 12.1 Å². The maximum atomic E-state index is 12.9. The van der Waals surface area contributed by atoms with Crippen LogP contribution in [0, 0.1) is 11.3 Å². The van der Waals surface area contributed by atoms with Crippen LogP contribution in [-0.4, -0.2) is 99.1 Å². The first-order chi connectivity index (χ1) is 23.1. The summed E-state index contributed by atoms with van der Waals surface area (Å²) in [5.74, 6) is -7.91. The van der Waals surface area contributed by atoms with Crippen molar-refractivity contribution < 1.29 is 75.5 Å². The van der Waals surface area contributed by atoms with Crippen LogP contribution in [0.3, 0.4) is 0 Å². The van der Waals surface area contributed by atoms with E-state index in [0.717, 1.165) is 5.69 Å². The van der Waals surface area contributed by atoms with Crippen LogP contribution in [0.2, 0.25) is 0 Å². The van der Waals surface area contributed by atoms with Gasteiger partial charge < -0.3 is 41.1 Å². The Morgan fingerprint density at radius 3 is 1.88 bits per heavy atom. The summed E-state index contributed by atoms with van der Waals surface area (Å²) in [6.45, 7) is 1.27. The van der Waals surface area contributed by atoms with Crippen LogP contribution >= 0.6 is 0 Å². The number of aromatic nitrogens is 1. The number of hydrogen-bond acceptors (Lipinski definition) is 9. The third-order valence-corrected chi connectivity index (χ3v) is 6.57. The summed E-state index contributed by atoms with van der Waals surface area (Å²) in [5.41, 5.74) is 7.59. The smallest absolute Gasteiger partial charge is 0.490 e. The molecule has 0 unspecified atom stereocenters. The second kappa shape index (κ2) is 19.4. The second-order valence-electron chi connectivity index (χ2n) is 10.3. The van der Waals surface area contributed by atoms with Gasteiger partial charge in [0.2, 0.25) is 5.91 Å². The summed E-state index contributed by atoms with van der Waals surface area (Å²) in [5, 5.41) is 43.1. The zero-order valence-corrected chi connectivity index (χ0v) is 25.8. The van der Waals surface area contributed by atoms with Crippen molar-refractivity contribution in [3.8, 4) is 5.75 Å². The molecule has 1 fully saturated rings. The zero-order chi connectivity index (χ0) is 38.2. The van der Waals surface area contributed by atoms with Gasteiger partial charge in [-0.3, -0.25) is 24.8 Å². The fourth-order valence-corrected chi connectivity index (χ4v) is 4.13. The van der Waals surface area contributed by atoms with Gasteiger partial charge in [0, 0.05) is 49.1 Å². The van der Waals surface area contributed by atoms with Crippen LogP contribution in [0.4, 0.5) is 32.0 Å². The highest BCUT2D eigenvalue weighted by molar-refractivity contribution is 5.95. The summed E-state index contributed by atoms with van der Waals surface area (Å²) in [4.78, 5) is 59.4. The number of carbonyl (C=O) groups excluding carboxylic acids is 1. The molecule has 1 amide bonds. The molecule has 276 valence electrons. The Hall–Kier alpha value is -5.63. The largest absolute Gasteiger partial charge is 0.491 e. The Kier molecular flexibility index (Phi) is 16.4. The number of anilines is 1. The lowest BCUT2D eigenvalue weighted by molar-refractivity contribution is -0.193. The predicted molar refractivity (Wildman–Crippen MR) is 160 cm³/mol. The van der Waals surface area contributed by atoms with E-state index in [1.54, 1.807) is 24.5 Å². The lowest BCUT2D eigenvalue weighted by Crippen LogP contribution is -2.46. The van der Waals surface area contributed by atoms with Crippen molar-refractivity contribution >= 4 is 41.3 Å². The number of aliphatic carboxylic acids is 4. The monoisotopic (exact) mass is 725 g/mol. The predicted octanol–water partition coefficient (Wildman–Crippen LogP) is 2.90. The number of carboxylic acids is 4. The number of amidine groups is 1. The van der Waals surface area contributed by atoms with Crippen molar-refractivity contribution in [2.24, 2.45) is 11.7 Å². The Bertz CT molecular complexity index is 1460. The Morgan fingerprint density at radius 2 is 1.44 bits per heavy atom. The molecule has 3 rings (SSSR count). The molecule has 21 heteroatoms. The molecule has 0 spiro atoms. The number of carboxylic acid groups (broad SMARTS) is 4. The van der Waals surface area contributed by atoms with Crippen LogP contribution in [0.1, 0.15) is 36.8 Å². The number of nitrogens with one attached hydrogen (secondary N) is 2. The average molecular weight is 726 g/mol. The first-order valence-corrected chi connectivity index (χ1v) is 14.2. The molecule has 1 aliphatic rings. The number of carbonyl (C=O) groups is 5. The first-order valence-electron chi connectivity index (χ1n) is 14.2. The third kappa shape index (κ3) is 16.0. The normalized spacial score (nSPS) is 13.7. The standard InChI is InChI=1S/C25H31N5O6.2C2HF3O2/c26-24(27)18-2-1-16(3-4-22(31)32)21(13-18)36-15-19(14-23(33)34)29-25(35)17-7-11-30(12-8-17)20-5-9-28-10-6-20;2*3-2(4,5)1(6)7/h1-2,5-6,9-10,13,17,19H,3-4,7-8,11-12,14-15H2,(H3,26,27)(H,29,35)(H,31,32)(H,33,34);2*(H,6,7)/t19-;;/m1../s1. The van der Waals surface area contributed by atoms with Crippen molar-refractivity contribution in [1.82, 2.24) is 10.3 Å². The van der Waals surface area contributed by atoms with E-state index in [4.69, 9.17) is 40.8 Å². The van der Waals surface area contributed by atoms with Crippen molar-refractivity contribution in [3.63, 3.8) is 0 Å². The van der Waals surface area contributed by atoms with Crippen LogP contribution < -0.4 is 20.7 Å². The molecular formula is C29H33F6N5O10. The Labute approximate surface area is 279 Å². The number of rotatable bonds is 12. The molecule has 1 saturated heterocycles. The zero-order valence-electron chi connectivity index (χ0n) is 25.8. The van der Waals surface area contributed by atoms with Gasteiger partial charge in [-0.2, -0.15) is 26.3 Å². The number of pyridine rings is 1. The lowest BCUT2D eigenvalue weighted by atomic mass is 9.95. The van der Waals surface area contributed by atoms with Gasteiger partial charge in [0.05, 0.1) is 12.5 Å². The summed E-state index contributed by atoms with van der Waals surface area (Å²) >= 11 is 0. The number of hydrogen-bond donors (Lipinski definition) is 7.